The standard InChI is InChI=1S/C12H14BrClO4/c1-16-12-8(4-7(14)5-9(12)13)11(15)10-6-17-2-3-18-10/h4-5,10-11,15H,2-3,6H2,1H3. The van der Waals surface area contributed by atoms with Gasteiger partial charge < -0.3 is 19.3 Å². The van der Waals surface area contributed by atoms with Gasteiger partial charge in [0.2, 0.25) is 0 Å². The van der Waals surface area contributed by atoms with Gasteiger partial charge in [-0.25, -0.2) is 0 Å². The second-order valence-corrected chi connectivity index (χ2v) is 5.23. The van der Waals surface area contributed by atoms with Crippen molar-refractivity contribution in [3.05, 3.63) is 27.2 Å². The second kappa shape index (κ2) is 6.21. The van der Waals surface area contributed by atoms with E-state index in [4.69, 9.17) is 25.8 Å². The molecule has 1 aromatic carbocycles. The molecule has 1 saturated heterocycles. The first-order valence-corrected chi connectivity index (χ1v) is 6.71. The van der Waals surface area contributed by atoms with Gasteiger partial charge in [0.25, 0.3) is 0 Å². The third-order valence-electron chi connectivity index (χ3n) is 2.75. The maximum atomic E-state index is 10.3. The van der Waals surface area contributed by atoms with Gasteiger partial charge in [0.05, 0.1) is 31.4 Å². The van der Waals surface area contributed by atoms with Gasteiger partial charge in [-0.1, -0.05) is 11.6 Å². The lowest BCUT2D eigenvalue weighted by Gasteiger charge is -2.28. The molecule has 4 nitrogen and oxygen atoms in total. The maximum Gasteiger partial charge on any atom is 0.139 e. The summed E-state index contributed by atoms with van der Waals surface area (Å²) < 4.78 is 16.8. The number of ether oxygens (including phenoxy) is 3. The second-order valence-electron chi connectivity index (χ2n) is 3.94. The molecule has 100 valence electrons. The number of methoxy groups -OCH3 is 1. The van der Waals surface area contributed by atoms with Gasteiger partial charge in [0.1, 0.15) is 18.0 Å². The summed E-state index contributed by atoms with van der Waals surface area (Å²) in [4.78, 5) is 0. The van der Waals surface area contributed by atoms with Crippen molar-refractivity contribution in [2.45, 2.75) is 12.2 Å². The van der Waals surface area contributed by atoms with Crippen molar-refractivity contribution in [3.63, 3.8) is 0 Å². The smallest absolute Gasteiger partial charge is 0.139 e. The molecule has 1 heterocycles. The monoisotopic (exact) mass is 336 g/mol. The van der Waals surface area contributed by atoms with Crippen LogP contribution in [0.3, 0.4) is 0 Å². The number of rotatable bonds is 3. The molecule has 1 fully saturated rings. The van der Waals surface area contributed by atoms with E-state index >= 15 is 0 Å². The summed E-state index contributed by atoms with van der Waals surface area (Å²) in [6.07, 6.45) is -1.24. The number of hydrogen-bond acceptors (Lipinski definition) is 4. The number of benzene rings is 1. The lowest BCUT2D eigenvalue weighted by atomic mass is 10.0. The first-order chi connectivity index (χ1) is 8.63. The van der Waals surface area contributed by atoms with Crippen molar-refractivity contribution in [3.8, 4) is 5.75 Å². The molecule has 1 N–H and O–H groups in total. The van der Waals surface area contributed by atoms with Crippen LogP contribution in [0.5, 0.6) is 5.75 Å². The topological polar surface area (TPSA) is 47.9 Å². The van der Waals surface area contributed by atoms with Crippen molar-refractivity contribution in [2.24, 2.45) is 0 Å². The van der Waals surface area contributed by atoms with E-state index in [1.807, 2.05) is 0 Å². The highest BCUT2D eigenvalue weighted by molar-refractivity contribution is 9.10. The zero-order valence-electron chi connectivity index (χ0n) is 9.86. The highest BCUT2D eigenvalue weighted by atomic mass is 79.9. The van der Waals surface area contributed by atoms with Crippen molar-refractivity contribution in [2.75, 3.05) is 26.9 Å². The SMILES string of the molecule is COc1c(Br)cc(Cl)cc1C(O)C1COCCO1. The number of halogens is 2. The van der Waals surface area contributed by atoms with Crippen LogP contribution in [0.4, 0.5) is 0 Å². The molecule has 18 heavy (non-hydrogen) atoms. The van der Waals surface area contributed by atoms with Crippen LogP contribution in [0.15, 0.2) is 16.6 Å². The van der Waals surface area contributed by atoms with Gasteiger partial charge in [0, 0.05) is 10.6 Å². The summed E-state index contributed by atoms with van der Waals surface area (Å²) >= 11 is 9.35. The van der Waals surface area contributed by atoms with Gasteiger partial charge in [-0.15, -0.1) is 0 Å². The van der Waals surface area contributed by atoms with Crippen molar-refractivity contribution >= 4 is 27.5 Å². The fraction of sp³-hybridized carbons (Fsp3) is 0.500. The Bertz CT molecular complexity index is 421. The van der Waals surface area contributed by atoms with Crippen LogP contribution in [-0.4, -0.2) is 38.1 Å². The predicted molar refractivity (Wildman–Crippen MR) is 71.2 cm³/mol. The minimum atomic E-state index is -0.838. The molecule has 1 aromatic rings. The van der Waals surface area contributed by atoms with Crippen LogP contribution in [0.25, 0.3) is 0 Å². The lowest BCUT2D eigenvalue weighted by Crippen LogP contribution is -2.34. The van der Waals surface area contributed by atoms with Gasteiger partial charge in [-0.3, -0.25) is 0 Å². The Labute approximate surface area is 119 Å². The van der Waals surface area contributed by atoms with Gasteiger partial charge in [-0.05, 0) is 28.1 Å². The quantitative estimate of drug-likeness (QED) is 0.921. The molecular weight excluding hydrogens is 323 g/mol. The van der Waals surface area contributed by atoms with Crippen LogP contribution in [0.1, 0.15) is 11.7 Å². The van der Waals surface area contributed by atoms with Crippen LogP contribution in [0.2, 0.25) is 5.02 Å². The van der Waals surface area contributed by atoms with Crippen LogP contribution in [-0.2, 0) is 9.47 Å². The van der Waals surface area contributed by atoms with Crippen molar-refractivity contribution in [1.82, 2.24) is 0 Å². The minimum absolute atomic E-state index is 0.356. The van der Waals surface area contributed by atoms with E-state index in [9.17, 15) is 5.11 Å². The number of aliphatic hydroxyl groups is 1. The molecule has 0 saturated carbocycles. The third kappa shape index (κ3) is 2.97. The highest BCUT2D eigenvalue weighted by Crippen LogP contribution is 2.37. The molecule has 0 bridgehead atoms. The summed E-state index contributed by atoms with van der Waals surface area (Å²) in [5, 5.41) is 10.9. The van der Waals surface area contributed by atoms with E-state index in [0.717, 1.165) is 0 Å². The molecular formula is C12H14BrClO4. The van der Waals surface area contributed by atoms with Crippen LogP contribution in [0, 0.1) is 0 Å². The Morgan fingerprint density at radius 2 is 2.28 bits per heavy atom. The number of hydrogen-bond donors (Lipinski definition) is 1. The van der Waals surface area contributed by atoms with E-state index in [-0.39, 0.29) is 0 Å². The van der Waals surface area contributed by atoms with Crippen LogP contribution < -0.4 is 4.74 Å². The first kappa shape index (κ1) is 14.1. The summed E-state index contributed by atoms with van der Waals surface area (Å²) in [5.74, 6) is 0.557. The van der Waals surface area contributed by atoms with Crippen molar-refractivity contribution < 1.29 is 19.3 Å². The van der Waals surface area contributed by atoms with E-state index in [1.54, 1.807) is 19.2 Å². The molecule has 0 spiro atoms. The van der Waals surface area contributed by atoms with Gasteiger partial charge in [0.15, 0.2) is 0 Å². The Morgan fingerprint density at radius 1 is 1.50 bits per heavy atom. The van der Waals surface area contributed by atoms with E-state index < -0.39 is 12.2 Å². The first-order valence-electron chi connectivity index (χ1n) is 5.54. The molecule has 2 atom stereocenters. The molecule has 1 aliphatic heterocycles. The molecule has 0 aromatic heterocycles. The van der Waals surface area contributed by atoms with E-state index in [1.165, 1.54) is 0 Å². The molecule has 0 radical (unpaired) electrons. The highest BCUT2D eigenvalue weighted by Gasteiger charge is 2.28. The fourth-order valence-electron chi connectivity index (χ4n) is 1.90. The summed E-state index contributed by atoms with van der Waals surface area (Å²) in [6.45, 7) is 1.39. The summed E-state index contributed by atoms with van der Waals surface area (Å²) in [6, 6.07) is 3.39. The molecule has 0 aliphatic carbocycles. The fourth-order valence-corrected chi connectivity index (χ4v) is 2.90. The predicted octanol–water partition coefficient (Wildman–Crippen LogP) is 2.56. The Morgan fingerprint density at radius 3 is 2.89 bits per heavy atom. The zero-order chi connectivity index (χ0) is 13.1. The molecule has 0 amide bonds. The largest absolute Gasteiger partial charge is 0.495 e. The third-order valence-corrected chi connectivity index (χ3v) is 3.56. The van der Waals surface area contributed by atoms with Crippen molar-refractivity contribution in [1.29, 1.82) is 0 Å². The van der Waals surface area contributed by atoms with E-state index in [2.05, 4.69) is 15.9 Å². The summed E-state index contributed by atoms with van der Waals surface area (Å²) in [7, 11) is 1.54. The Balaban J connectivity index is 2.30. The van der Waals surface area contributed by atoms with Gasteiger partial charge >= 0.3 is 0 Å². The average Bonchev–Trinajstić information content (AvgIpc) is 2.38. The number of aliphatic hydroxyl groups excluding tert-OH is 1. The molecule has 2 unspecified atom stereocenters. The molecule has 6 heteroatoms. The average molecular weight is 338 g/mol. The van der Waals surface area contributed by atoms with Crippen LogP contribution >= 0.6 is 27.5 Å². The van der Waals surface area contributed by atoms with E-state index in [0.29, 0.717) is 40.6 Å². The lowest BCUT2D eigenvalue weighted by molar-refractivity contribution is -0.133. The van der Waals surface area contributed by atoms with Gasteiger partial charge in [-0.2, -0.15) is 0 Å². The minimum Gasteiger partial charge on any atom is -0.495 e. The normalized spacial score (nSPS) is 21.7. The molecule has 1 aliphatic rings. The maximum absolute atomic E-state index is 10.3. The Hall–Kier alpha value is -0.330. The molecule has 2 rings (SSSR count). The Kier molecular flexibility index (Phi) is 4.86. The summed E-state index contributed by atoms with van der Waals surface area (Å²) in [5.41, 5.74) is 0.590. The zero-order valence-corrected chi connectivity index (χ0v) is 12.2.